The van der Waals surface area contributed by atoms with Crippen LogP contribution in [0.1, 0.15) is 29.3 Å². The van der Waals surface area contributed by atoms with Crippen molar-refractivity contribution in [2.75, 3.05) is 7.11 Å². The van der Waals surface area contributed by atoms with Crippen molar-refractivity contribution >= 4 is 11.7 Å². The van der Waals surface area contributed by atoms with E-state index in [9.17, 15) is 9.18 Å². The monoisotopic (exact) mass is 329 g/mol. The highest BCUT2D eigenvalue weighted by Gasteiger charge is 2.23. The van der Waals surface area contributed by atoms with Crippen LogP contribution in [0.15, 0.2) is 47.6 Å². The fraction of sp³-hybridized carbons (Fsp3) is 0.222. The number of halogens is 1. The molecule has 0 saturated heterocycles. The second-order valence-electron chi connectivity index (χ2n) is 5.42. The highest BCUT2D eigenvalue weighted by Crippen LogP contribution is 2.31. The first kappa shape index (κ1) is 16.0. The molecule has 0 aliphatic carbocycles. The Hall–Kier alpha value is -2.89. The highest BCUT2D eigenvalue weighted by molar-refractivity contribution is 6.04. The molecule has 5 nitrogen and oxygen atoms in total. The van der Waals surface area contributed by atoms with Crippen molar-refractivity contribution < 1.29 is 23.5 Å². The van der Waals surface area contributed by atoms with Gasteiger partial charge in [0.25, 0.3) is 0 Å². The van der Waals surface area contributed by atoms with Crippen LogP contribution in [0.3, 0.4) is 0 Å². The summed E-state index contributed by atoms with van der Waals surface area (Å²) < 4.78 is 24.1. The third kappa shape index (κ3) is 3.37. The molecule has 0 radical (unpaired) electrons. The molecule has 3 rings (SSSR count). The zero-order valence-electron chi connectivity index (χ0n) is 13.3. The predicted octanol–water partition coefficient (Wildman–Crippen LogP) is 3.57. The van der Waals surface area contributed by atoms with Gasteiger partial charge in [0.1, 0.15) is 23.4 Å². The van der Waals surface area contributed by atoms with Gasteiger partial charge >= 0.3 is 5.97 Å². The zero-order chi connectivity index (χ0) is 17.1. The van der Waals surface area contributed by atoms with Gasteiger partial charge in [0.2, 0.25) is 0 Å². The number of hydrogen-bond acceptors (Lipinski definition) is 5. The molecule has 1 aliphatic heterocycles. The van der Waals surface area contributed by atoms with Gasteiger partial charge in [-0.3, -0.25) is 0 Å². The van der Waals surface area contributed by atoms with Crippen LogP contribution in [-0.4, -0.2) is 24.9 Å². The fourth-order valence-electron chi connectivity index (χ4n) is 2.46. The lowest BCUT2D eigenvalue weighted by atomic mass is 10.0. The summed E-state index contributed by atoms with van der Waals surface area (Å²) in [4.78, 5) is 17.0. The largest absolute Gasteiger partial charge is 0.497 e. The number of benzene rings is 2. The summed E-state index contributed by atoms with van der Waals surface area (Å²) in [5.74, 6) is 0.0676. The summed E-state index contributed by atoms with van der Waals surface area (Å²) in [6.07, 6.45) is 0.381. The Morgan fingerprint density at radius 2 is 2.12 bits per heavy atom. The van der Waals surface area contributed by atoms with Crippen molar-refractivity contribution in [1.29, 1.82) is 0 Å². The molecule has 0 fully saturated rings. The molecule has 2 aromatic rings. The van der Waals surface area contributed by atoms with Crippen LogP contribution in [-0.2, 0) is 4.84 Å². The van der Waals surface area contributed by atoms with Crippen LogP contribution in [0, 0.1) is 5.82 Å². The number of methoxy groups -OCH3 is 1. The Kier molecular flexibility index (Phi) is 4.46. The van der Waals surface area contributed by atoms with Gasteiger partial charge in [-0.05, 0) is 37.3 Å². The minimum absolute atomic E-state index is 0.106. The molecule has 124 valence electrons. The highest BCUT2D eigenvalue weighted by atomic mass is 19.1. The minimum atomic E-state index is -0.712. The van der Waals surface area contributed by atoms with Gasteiger partial charge in [-0.2, -0.15) is 0 Å². The Balaban J connectivity index is 1.84. The van der Waals surface area contributed by atoms with Gasteiger partial charge in [-0.25, -0.2) is 9.18 Å². The van der Waals surface area contributed by atoms with Crippen LogP contribution in [0.4, 0.5) is 4.39 Å². The van der Waals surface area contributed by atoms with E-state index in [1.807, 2.05) is 6.92 Å². The standard InChI is InChI=1S/C18H16FNO4/c1-11-8-16(15-7-6-14(22-2)10-17(15)23-11)20-24-18(21)12-4-3-5-13(19)9-12/h3-7,9-11H,8H2,1-2H3/b20-16+/t11-/m1/s1. The summed E-state index contributed by atoms with van der Waals surface area (Å²) in [7, 11) is 1.57. The van der Waals surface area contributed by atoms with Gasteiger partial charge in [-0.1, -0.05) is 11.2 Å². The van der Waals surface area contributed by atoms with Crippen molar-refractivity contribution in [2.45, 2.75) is 19.4 Å². The minimum Gasteiger partial charge on any atom is -0.497 e. The van der Waals surface area contributed by atoms with E-state index in [-0.39, 0.29) is 11.7 Å². The molecule has 0 bridgehead atoms. The Morgan fingerprint density at radius 1 is 1.29 bits per heavy atom. The van der Waals surface area contributed by atoms with Gasteiger partial charge in [-0.15, -0.1) is 0 Å². The lowest BCUT2D eigenvalue weighted by Crippen LogP contribution is -2.25. The quantitative estimate of drug-likeness (QED) is 0.638. The summed E-state index contributed by atoms with van der Waals surface area (Å²) in [5.41, 5.74) is 1.44. The normalized spacial score (nSPS) is 17.8. The first-order chi connectivity index (χ1) is 11.6. The summed E-state index contributed by atoms with van der Waals surface area (Å²) in [5, 5.41) is 3.96. The molecule has 0 amide bonds. The van der Waals surface area contributed by atoms with Crippen molar-refractivity contribution in [3.8, 4) is 11.5 Å². The van der Waals surface area contributed by atoms with Crippen molar-refractivity contribution in [2.24, 2.45) is 5.16 Å². The van der Waals surface area contributed by atoms with E-state index in [0.29, 0.717) is 23.6 Å². The number of rotatable bonds is 3. The van der Waals surface area contributed by atoms with Gasteiger partial charge < -0.3 is 14.3 Å². The van der Waals surface area contributed by atoms with Crippen LogP contribution in [0.5, 0.6) is 11.5 Å². The molecule has 6 heteroatoms. The number of carbonyl (C=O) groups excluding carboxylic acids is 1. The summed E-state index contributed by atoms with van der Waals surface area (Å²) in [6.45, 7) is 1.90. The molecule has 1 heterocycles. The van der Waals surface area contributed by atoms with Crippen molar-refractivity contribution in [3.05, 3.63) is 59.4 Å². The van der Waals surface area contributed by atoms with Gasteiger partial charge in [0, 0.05) is 18.1 Å². The van der Waals surface area contributed by atoms with Gasteiger partial charge in [0.15, 0.2) is 0 Å². The van der Waals surface area contributed by atoms with E-state index in [0.717, 1.165) is 11.6 Å². The number of fused-ring (bicyclic) bond motifs is 1. The second-order valence-corrected chi connectivity index (χ2v) is 5.42. The van der Waals surface area contributed by atoms with Crippen LogP contribution < -0.4 is 9.47 Å². The van der Waals surface area contributed by atoms with E-state index in [1.165, 1.54) is 18.2 Å². The second kappa shape index (κ2) is 6.70. The lowest BCUT2D eigenvalue weighted by molar-refractivity contribution is 0.0512. The number of hydrogen-bond donors (Lipinski definition) is 0. The Morgan fingerprint density at radius 3 is 2.88 bits per heavy atom. The maximum absolute atomic E-state index is 13.2. The maximum Gasteiger partial charge on any atom is 0.365 e. The molecule has 1 atom stereocenters. The predicted molar refractivity (Wildman–Crippen MR) is 86.1 cm³/mol. The molecule has 0 aromatic heterocycles. The van der Waals surface area contributed by atoms with E-state index < -0.39 is 11.8 Å². The number of ether oxygens (including phenoxy) is 2. The third-order valence-corrected chi connectivity index (χ3v) is 3.61. The third-order valence-electron chi connectivity index (χ3n) is 3.61. The average Bonchev–Trinajstić information content (AvgIpc) is 2.58. The average molecular weight is 329 g/mol. The SMILES string of the molecule is COc1ccc2c(c1)O[C@H](C)C/C2=N\OC(=O)c1cccc(F)c1. The lowest BCUT2D eigenvalue weighted by Gasteiger charge is -2.24. The first-order valence-corrected chi connectivity index (χ1v) is 7.45. The molecule has 2 aromatic carbocycles. The van der Waals surface area contributed by atoms with Crippen LogP contribution in [0.25, 0.3) is 0 Å². The molecule has 0 N–H and O–H groups in total. The van der Waals surface area contributed by atoms with Crippen molar-refractivity contribution in [3.63, 3.8) is 0 Å². The molecule has 24 heavy (non-hydrogen) atoms. The Labute approximate surface area is 138 Å². The molecule has 1 aliphatic rings. The summed E-state index contributed by atoms with van der Waals surface area (Å²) >= 11 is 0. The fourth-order valence-corrected chi connectivity index (χ4v) is 2.46. The topological polar surface area (TPSA) is 57.1 Å². The van der Waals surface area contributed by atoms with E-state index in [4.69, 9.17) is 14.3 Å². The Bertz CT molecular complexity index is 803. The molecule has 0 spiro atoms. The molecule has 0 unspecified atom stereocenters. The van der Waals surface area contributed by atoms with Gasteiger partial charge in [0.05, 0.1) is 18.4 Å². The maximum atomic E-state index is 13.2. The zero-order valence-corrected chi connectivity index (χ0v) is 13.3. The smallest absolute Gasteiger partial charge is 0.365 e. The molecule has 0 saturated carbocycles. The summed E-state index contributed by atoms with van der Waals surface area (Å²) in [6, 6.07) is 10.6. The van der Waals surface area contributed by atoms with Crippen LogP contribution >= 0.6 is 0 Å². The van der Waals surface area contributed by atoms with Crippen molar-refractivity contribution in [1.82, 2.24) is 0 Å². The molecular formula is C18H16FNO4. The molecular weight excluding hydrogens is 313 g/mol. The number of nitrogens with zero attached hydrogens (tertiary/aromatic N) is 1. The first-order valence-electron chi connectivity index (χ1n) is 7.45. The number of carbonyl (C=O) groups is 1. The van der Waals surface area contributed by atoms with Crippen LogP contribution in [0.2, 0.25) is 0 Å². The number of oxime groups is 1. The van der Waals surface area contributed by atoms with E-state index in [1.54, 1.807) is 25.3 Å². The van der Waals surface area contributed by atoms with E-state index >= 15 is 0 Å². The van der Waals surface area contributed by atoms with E-state index in [2.05, 4.69) is 5.16 Å².